The zero-order valence-electron chi connectivity index (χ0n) is 21.0. The van der Waals surface area contributed by atoms with Crippen molar-refractivity contribution in [1.29, 1.82) is 0 Å². The fourth-order valence-corrected chi connectivity index (χ4v) is 4.67. The third kappa shape index (κ3) is 10.2. The summed E-state index contributed by atoms with van der Waals surface area (Å²) in [7, 11) is -3.85. The largest absolute Gasteiger partial charge is 0.507 e. The molecule has 0 aliphatic heterocycles. The summed E-state index contributed by atoms with van der Waals surface area (Å²) in [6.45, 7) is 4.36. The summed E-state index contributed by atoms with van der Waals surface area (Å²) < 4.78 is 30.8. The lowest BCUT2D eigenvalue weighted by Crippen LogP contribution is -2.26. The van der Waals surface area contributed by atoms with Gasteiger partial charge in [0.05, 0.1) is 5.75 Å². The average molecular weight is 517 g/mol. The van der Waals surface area contributed by atoms with E-state index in [0.29, 0.717) is 6.42 Å². The fraction of sp³-hybridized carbons (Fsp3) is 0.500. The monoisotopic (exact) mass is 516 g/mol. The molecule has 36 heavy (non-hydrogen) atoms. The number of sulfonamides is 1. The number of aromatic hydroxyl groups is 1. The van der Waals surface area contributed by atoms with Gasteiger partial charge >= 0.3 is 6.09 Å². The van der Waals surface area contributed by atoms with E-state index in [1.807, 2.05) is 42.5 Å². The number of rotatable bonds is 15. The molecule has 1 unspecified atom stereocenters. The first-order valence-electron chi connectivity index (χ1n) is 12.3. The molecule has 0 bridgehead atoms. The number of benzene rings is 2. The Morgan fingerprint density at radius 2 is 1.89 bits per heavy atom. The predicted octanol–water partition coefficient (Wildman–Crippen LogP) is 6.31. The minimum Gasteiger partial charge on any atom is -0.507 e. The first-order valence-corrected chi connectivity index (χ1v) is 13.9. The zero-order chi connectivity index (χ0) is 26.4. The Hall–Kier alpha value is -3.23. The van der Waals surface area contributed by atoms with Gasteiger partial charge in [0.1, 0.15) is 12.4 Å². The van der Waals surface area contributed by atoms with Gasteiger partial charge in [-0.1, -0.05) is 69.9 Å². The molecular formula is C26H36N4O5S. The van der Waals surface area contributed by atoms with Crippen LogP contribution in [0, 0.1) is 0 Å². The maximum Gasteiger partial charge on any atom is 0.407 e. The van der Waals surface area contributed by atoms with Crippen LogP contribution in [0.3, 0.4) is 0 Å². The molecule has 2 rings (SSSR count). The highest BCUT2D eigenvalue weighted by Gasteiger charge is 2.17. The molecule has 0 saturated carbocycles. The maximum atomic E-state index is 12.1. The predicted molar refractivity (Wildman–Crippen MR) is 140 cm³/mol. The number of azide groups is 1. The molecule has 0 spiro atoms. The zero-order valence-corrected chi connectivity index (χ0v) is 21.8. The number of hydrogen-bond acceptors (Lipinski definition) is 5. The fourth-order valence-electron chi connectivity index (χ4n) is 3.97. The summed E-state index contributed by atoms with van der Waals surface area (Å²) in [6.07, 6.45) is 5.54. The molecule has 10 heteroatoms. The molecule has 0 heterocycles. The van der Waals surface area contributed by atoms with Gasteiger partial charge in [-0.25, -0.2) is 13.2 Å². The summed E-state index contributed by atoms with van der Waals surface area (Å²) in [5, 5.41) is 13.6. The van der Waals surface area contributed by atoms with Crippen molar-refractivity contribution in [2.24, 2.45) is 4.52 Å². The maximum absolute atomic E-state index is 12.1. The minimum absolute atomic E-state index is 0.0144. The van der Waals surface area contributed by atoms with E-state index in [1.54, 1.807) is 0 Å². The number of carbonyl (C=O) groups excluding carboxylic acids is 1. The number of phenols is 1. The molecule has 0 aliphatic carbocycles. The summed E-state index contributed by atoms with van der Waals surface area (Å²) in [5.74, 6) is 0.0805. The van der Waals surface area contributed by atoms with Gasteiger partial charge in [-0.05, 0) is 58.7 Å². The van der Waals surface area contributed by atoms with Crippen molar-refractivity contribution in [2.45, 2.75) is 71.3 Å². The number of phenolic OH excluding ortho intramolecular Hbond substituents is 1. The molecule has 0 radical (unpaired) electrons. The van der Waals surface area contributed by atoms with Gasteiger partial charge in [0.15, 0.2) is 0 Å². The SMILES string of the molecule is CCCCCCC(C)c1cc(COC(=O)NCCCS(=O)(=O)N=[N+]=[N-])cc(Cc2ccccc2)c1O. The number of nitrogens with zero attached hydrogens (tertiary/aromatic N) is 3. The lowest BCUT2D eigenvalue weighted by Gasteiger charge is -2.19. The van der Waals surface area contributed by atoms with Crippen molar-refractivity contribution in [1.82, 2.24) is 5.32 Å². The van der Waals surface area contributed by atoms with Crippen LogP contribution >= 0.6 is 0 Å². The molecule has 196 valence electrons. The molecule has 2 N–H and O–H groups in total. The normalized spacial score (nSPS) is 11.9. The van der Waals surface area contributed by atoms with Gasteiger partial charge < -0.3 is 15.2 Å². The lowest BCUT2D eigenvalue weighted by atomic mass is 9.89. The van der Waals surface area contributed by atoms with Crippen LogP contribution in [0.25, 0.3) is 10.4 Å². The van der Waals surface area contributed by atoms with Crippen molar-refractivity contribution in [2.75, 3.05) is 12.3 Å². The molecule has 0 aliphatic rings. The van der Waals surface area contributed by atoms with Gasteiger partial charge in [0, 0.05) is 22.4 Å². The van der Waals surface area contributed by atoms with Crippen LogP contribution in [-0.2, 0) is 27.8 Å². The lowest BCUT2D eigenvalue weighted by molar-refractivity contribution is 0.139. The summed E-state index contributed by atoms with van der Waals surface area (Å²) in [5.41, 5.74) is 11.7. The van der Waals surface area contributed by atoms with Crippen molar-refractivity contribution in [3.8, 4) is 5.75 Å². The van der Waals surface area contributed by atoms with Crippen LogP contribution in [0.2, 0.25) is 0 Å². The van der Waals surface area contributed by atoms with E-state index in [1.165, 1.54) is 12.8 Å². The molecule has 2 aromatic carbocycles. The third-order valence-electron chi connectivity index (χ3n) is 5.92. The highest BCUT2D eigenvalue weighted by atomic mass is 32.2. The number of amides is 1. The molecule has 0 saturated heterocycles. The molecule has 0 fully saturated rings. The van der Waals surface area contributed by atoms with Gasteiger partial charge in [-0.3, -0.25) is 0 Å². The van der Waals surface area contributed by atoms with Crippen molar-refractivity contribution < 1.29 is 23.1 Å². The Bertz CT molecular complexity index is 1130. The number of ether oxygens (including phenoxy) is 1. The summed E-state index contributed by atoms with van der Waals surface area (Å²) in [4.78, 5) is 14.4. The minimum atomic E-state index is -3.85. The average Bonchev–Trinajstić information content (AvgIpc) is 2.85. The molecule has 0 aromatic heterocycles. The van der Waals surface area contributed by atoms with Crippen LogP contribution in [0.1, 0.15) is 80.5 Å². The molecule has 2 aromatic rings. The standard InChI is InChI=1S/C26H36N4O5S/c1-3-4-5-7-11-20(2)24-18-22(17-23(25(24)31)16-21-12-8-6-9-13-21)19-35-26(32)28-14-10-15-36(33,34)30-29-27/h6,8-9,12-13,17-18,20,31H,3-5,7,10-11,14-16,19H2,1-2H3,(H,28,32). The van der Waals surface area contributed by atoms with Gasteiger partial charge in [0.25, 0.3) is 0 Å². The van der Waals surface area contributed by atoms with Gasteiger partial charge in [-0.15, -0.1) is 0 Å². The smallest absolute Gasteiger partial charge is 0.407 e. The van der Waals surface area contributed by atoms with Crippen molar-refractivity contribution in [3.05, 3.63) is 75.2 Å². The first-order chi connectivity index (χ1) is 17.3. The van der Waals surface area contributed by atoms with Crippen LogP contribution in [-0.4, -0.2) is 31.9 Å². The number of hydrogen-bond donors (Lipinski definition) is 2. The molecular weight excluding hydrogens is 480 g/mol. The van der Waals surface area contributed by atoms with E-state index in [9.17, 15) is 18.3 Å². The van der Waals surface area contributed by atoms with Crippen LogP contribution in [0.5, 0.6) is 5.75 Å². The number of carbonyl (C=O) groups is 1. The van der Waals surface area contributed by atoms with Crippen LogP contribution < -0.4 is 5.32 Å². The Balaban J connectivity index is 2.07. The van der Waals surface area contributed by atoms with Gasteiger partial charge in [-0.2, -0.15) is 0 Å². The van der Waals surface area contributed by atoms with E-state index in [4.69, 9.17) is 10.3 Å². The molecule has 1 amide bonds. The van der Waals surface area contributed by atoms with Crippen LogP contribution in [0.4, 0.5) is 4.79 Å². The molecule has 1 atom stereocenters. The van der Waals surface area contributed by atoms with Crippen molar-refractivity contribution >= 4 is 16.1 Å². The third-order valence-corrected chi connectivity index (χ3v) is 7.04. The topological polar surface area (TPSA) is 141 Å². The van der Waals surface area contributed by atoms with Crippen molar-refractivity contribution in [3.63, 3.8) is 0 Å². The quantitative estimate of drug-likeness (QED) is 0.123. The van der Waals surface area contributed by atoms with E-state index in [2.05, 4.69) is 28.6 Å². The highest BCUT2D eigenvalue weighted by molar-refractivity contribution is 7.89. The Labute approximate surface area is 213 Å². The second-order valence-corrected chi connectivity index (χ2v) is 10.7. The number of alkyl carbamates (subject to hydrolysis) is 1. The molecule has 9 nitrogen and oxygen atoms in total. The van der Waals surface area contributed by atoms with Crippen LogP contribution in [0.15, 0.2) is 47.0 Å². The summed E-state index contributed by atoms with van der Waals surface area (Å²) in [6, 6.07) is 13.6. The highest BCUT2D eigenvalue weighted by Crippen LogP contribution is 2.35. The van der Waals surface area contributed by atoms with E-state index in [0.717, 1.165) is 41.5 Å². The van der Waals surface area contributed by atoms with E-state index >= 15 is 0 Å². The van der Waals surface area contributed by atoms with E-state index < -0.39 is 16.1 Å². The Morgan fingerprint density at radius 1 is 1.14 bits per heavy atom. The summed E-state index contributed by atoms with van der Waals surface area (Å²) >= 11 is 0. The van der Waals surface area contributed by atoms with Gasteiger partial charge in [0.2, 0.25) is 10.0 Å². The number of unbranched alkanes of at least 4 members (excludes halogenated alkanes) is 3. The first kappa shape index (κ1) is 29.0. The second kappa shape index (κ2) is 15.0. The Morgan fingerprint density at radius 3 is 2.58 bits per heavy atom. The Kier molecular flexibility index (Phi) is 12.1. The second-order valence-electron chi connectivity index (χ2n) is 8.92. The van der Waals surface area contributed by atoms with E-state index in [-0.39, 0.29) is 37.0 Å². The number of nitrogens with one attached hydrogen (secondary N) is 1.